The van der Waals surface area contributed by atoms with Crippen LogP contribution in [-0.2, 0) is 0 Å². The molecular formula is C8H11N3. The van der Waals surface area contributed by atoms with Gasteiger partial charge in [0.05, 0.1) is 5.69 Å². The van der Waals surface area contributed by atoms with Gasteiger partial charge in [-0.25, -0.2) is 9.98 Å². The van der Waals surface area contributed by atoms with Crippen molar-refractivity contribution in [1.29, 1.82) is 0 Å². The molecule has 0 saturated carbocycles. The summed E-state index contributed by atoms with van der Waals surface area (Å²) in [6.07, 6.45) is 1.68. The van der Waals surface area contributed by atoms with Crippen molar-refractivity contribution in [2.45, 2.75) is 13.8 Å². The summed E-state index contributed by atoms with van der Waals surface area (Å²) in [5, 5.41) is 0. The van der Waals surface area contributed by atoms with Crippen molar-refractivity contribution in [3.63, 3.8) is 0 Å². The van der Waals surface area contributed by atoms with E-state index >= 15 is 0 Å². The maximum Gasteiger partial charge on any atom is 0.175 e. The van der Waals surface area contributed by atoms with Crippen LogP contribution in [0.5, 0.6) is 0 Å². The largest absolute Gasteiger partial charge is 0.396 e. The monoisotopic (exact) mass is 149 g/mol. The van der Waals surface area contributed by atoms with E-state index in [4.69, 9.17) is 5.73 Å². The van der Waals surface area contributed by atoms with Crippen LogP contribution in [0.15, 0.2) is 17.1 Å². The second-order valence-electron chi connectivity index (χ2n) is 2.25. The molecule has 1 rings (SSSR count). The van der Waals surface area contributed by atoms with Crippen molar-refractivity contribution in [3.8, 4) is 0 Å². The van der Waals surface area contributed by atoms with Crippen LogP contribution in [0.1, 0.15) is 12.6 Å². The summed E-state index contributed by atoms with van der Waals surface area (Å²) in [5.74, 6) is 0.604. The second-order valence-corrected chi connectivity index (χ2v) is 2.25. The van der Waals surface area contributed by atoms with Crippen molar-refractivity contribution in [1.82, 2.24) is 4.98 Å². The average molecular weight is 149 g/mol. The van der Waals surface area contributed by atoms with Gasteiger partial charge in [-0.3, -0.25) is 0 Å². The van der Waals surface area contributed by atoms with E-state index in [0.29, 0.717) is 11.5 Å². The zero-order chi connectivity index (χ0) is 8.27. The minimum Gasteiger partial charge on any atom is -0.396 e. The summed E-state index contributed by atoms with van der Waals surface area (Å²) in [6.45, 7) is 3.75. The number of rotatable bonds is 1. The fourth-order valence-corrected chi connectivity index (χ4v) is 0.779. The van der Waals surface area contributed by atoms with Crippen LogP contribution in [0, 0.1) is 6.92 Å². The molecule has 0 aliphatic carbocycles. The Labute approximate surface area is 66.0 Å². The predicted molar refractivity (Wildman–Crippen MR) is 47.2 cm³/mol. The van der Waals surface area contributed by atoms with Gasteiger partial charge in [0.15, 0.2) is 5.82 Å². The lowest BCUT2D eigenvalue weighted by molar-refractivity contribution is 1.18. The first kappa shape index (κ1) is 7.72. The number of nitrogens with zero attached hydrogens (tertiary/aromatic N) is 2. The summed E-state index contributed by atoms with van der Waals surface area (Å²) < 4.78 is 0. The Hall–Kier alpha value is -1.38. The molecule has 1 heterocycles. The molecule has 1 aromatic heterocycles. The number of hydrogen-bond acceptors (Lipinski definition) is 3. The normalized spacial score (nSPS) is 10.7. The van der Waals surface area contributed by atoms with Gasteiger partial charge in [-0.15, -0.1) is 0 Å². The van der Waals surface area contributed by atoms with Crippen molar-refractivity contribution in [2.75, 3.05) is 5.73 Å². The first-order valence-corrected chi connectivity index (χ1v) is 3.46. The first-order valence-electron chi connectivity index (χ1n) is 3.46. The Kier molecular flexibility index (Phi) is 2.21. The van der Waals surface area contributed by atoms with E-state index in [1.165, 1.54) is 0 Å². The van der Waals surface area contributed by atoms with E-state index in [9.17, 15) is 0 Å². The van der Waals surface area contributed by atoms with Crippen LogP contribution in [0.25, 0.3) is 0 Å². The number of anilines is 1. The number of nitrogen functional groups attached to an aromatic ring is 1. The maximum absolute atomic E-state index is 5.60. The van der Waals surface area contributed by atoms with Crippen LogP contribution >= 0.6 is 0 Å². The Morgan fingerprint density at radius 3 is 2.91 bits per heavy atom. The molecule has 0 amide bonds. The fourth-order valence-electron chi connectivity index (χ4n) is 0.779. The van der Waals surface area contributed by atoms with E-state index in [1.807, 2.05) is 26.0 Å². The molecule has 0 spiro atoms. The lowest BCUT2D eigenvalue weighted by atomic mass is 10.3. The molecule has 1 aromatic rings. The van der Waals surface area contributed by atoms with Crippen LogP contribution in [0.2, 0.25) is 0 Å². The van der Waals surface area contributed by atoms with E-state index in [-0.39, 0.29) is 0 Å². The van der Waals surface area contributed by atoms with Crippen molar-refractivity contribution < 1.29 is 0 Å². The Morgan fingerprint density at radius 1 is 1.55 bits per heavy atom. The van der Waals surface area contributed by atoms with Crippen molar-refractivity contribution in [3.05, 3.63) is 17.8 Å². The quantitative estimate of drug-likeness (QED) is 0.618. The Morgan fingerprint density at radius 2 is 2.27 bits per heavy atom. The molecule has 2 N–H and O–H groups in total. The van der Waals surface area contributed by atoms with Gasteiger partial charge in [0, 0.05) is 11.9 Å². The number of aryl methyl sites for hydroxylation is 1. The zero-order valence-electron chi connectivity index (χ0n) is 6.70. The van der Waals surface area contributed by atoms with Crippen LogP contribution in [0.3, 0.4) is 0 Å². The molecule has 0 aliphatic rings. The van der Waals surface area contributed by atoms with E-state index < -0.39 is 0 Å². The lowest BCUT2D eigenvalue weighted by Gasteiger charge is -1.98. The maximum atomic E-state index is 5.60. The number of pyridine rings is 1. The standard InChI is InChI=1S/C8H11N3/c1-3-10-8-7(9)5-4-6(2)11-8/h3-5H,9H2,1-2H3. The number of aliphatic imine (C=N–C) groups is 1. The molecule has 0 radical (unpaired) electrons. The van der Waals surface area contributed by atoms with Crippen LogP contribution in [0.4, 0.5) is 11.5 Å². The SMILES string of the molecule is CC=Nc1nc(C)ccc1N. The smallest absolute Gasteiger partial charge is 0.175 e. The highest BCUT2D eigenvalue weighted by Gasteiger charge is 1.95. The van der Waals surface area contributed by atoms with Gasteiger partial charge < -0.3 is 5.73 Å². The predicted octanol–water partition coefficient (Wildman–Crippen LogP) is 1.69. The van der Waals surface area contributed by atoms with Gasteiger partial charge in [0.2, 0.25) is 0 Å². The Balaban J connectivity index is 3.12. The highest BCUT2D eigenvalue weighted by atomic mass is 14.9. The molecule has 0 saturated heterocycles. The highest BCUT2D eigenvalue weighted by Crippen LogP contribution is 2.17. The van der Waals surface area contributed by atoms with Crippen molar-refractivity contribution >= 4 is 17.7 Å². The number of aromatic nitrogens is 1. The molecule has 3 nitrogen and oxygen atoms in total. The van der Waals surface area contributed by atoms with Gasteiger partial charge >= 0.3 is 0 Å². The molecule has 11 heavy (non-hydrogen) atoms. The minimum atomic E-state index is 0.604. The summed E-state index contributed by atoms with van der Waals surface area (Å²) in [5.41, 5.74) is 7.15. The zero-order valence-corrected chi connectivity index (χ0v) is 6.70. The van der Waals surface area contributed by atoms with Crippen molar-refractivity contribution in [2.24, 2.45) is 4.99 Å². The van der Waals surface area contributed by atoms with E-state index in [1.54, 1.807) is 6.21 Å². The third-order valence-corrected chi connectivity index (χ3v) is 1.30. The molecule has 0 atom stereocenters. The molecule has 0 bridgehead atoms. The van der Waals surface area contributed by atoms with Crippen LogP contribution in [-0.4, -0.2) is 11.2 Å². The molecule has 0 fully saturated rings. The molecule has 0 unspecified atom stereocenters. The number of nitrogens with two attached hydrogens (primary N) is 1. The molecule has 3 heteroatoms. The molecule has 0 aromatic carbocycles. The topological polar surface area (TPSA) is 51.3 Å². The highest BCUT2D eigenvalue weighted by molar-refractivity contribution is 5.66. The number of hydrogen-bond donors (Lipinski definition) is 1. The summed E-state index contributed by atoms with van der Waals surface area (Å²) in [7, 11) is 0. The van der Waals surface area contributed by atoms with Crippen LogP contribution < -0.4 is 5.73 Å². The van der Waals surface area contributed by atoms with E-state index in [0.717, 1.165) is 5.69 Å². The molecule has 0 aliphatic heterocycles. The second kappa shape index (κ2) is 3.14. The summed E-state index contributed by atoms with van der Waals surface area (Å²) in [6, 6.07) is 3.68. The van der Waals surface area contributed by atoms with Gasteiger partial charge in [-0.05, 0) is 26.0 Å². The molecular weight excluding hydrogens is 138 g/mol. The van der Waals surface area contributed by atoms with Gasteiger partial charge in [-0.2, -0.15) is 0 Å². The average Bonchev–Trinajstić information content (AvgIpc) is 1.98. The van der Waals surface area contributed by atoms with Gasteiger partial charge in [0.25, 0.3) is 0 Å². The fraction of sp³-hybridized carbons (Fsp3) is 0.250. The Bertz CT molecular complexity index is 279. The lowest BCUT2D eigenvalue weighted by Crippen LogP contribution is -1.89. The third kappa shape index (κ3) is 1.77. The van der Waals surface area contributed by atoms with E-state index in [2.05, 4.69) is 9.98 Å². The molecule has 58 valence electrons. The van der Waals surface area contributed by atoms with Gasteiger partial charge in [0.1, 0.15) is 0 Å². The summed E-state index contributed by atoms with van der Waals surface area (Å²) >= 11 is 0. The minimum absolute atomic E-state index is 0.604. The van der Waals surface area contributed by atoms with Gasteiger partial charge in [-0.1, -0.05) is 0 Å². The first-order chi connectivity index (χ1) is 5.24. The summed E-state index contributed by atoms with van der Waals surface area (Å²) in [4.78, 5) is 8.15. The third-order valence-electron chi connectivity index (χ3n) is 1.30.